The van der Waals surface area contributed by atoms with Crippen LogP contribution in [0.25, 0.3) is 106 Å². The van der Waals surface area contributed by atoms with E-state index in [4.69, 9.17) is 20.1 Å². The van der Waals surface area contributed by atoms with E-state index in [1.165, 1.54) is 0 Å². The summed E-state index contributed by atoms with van der Waals surface area (Å²) in [7, 11) is 0. The highest BCUT2D eigenvalue weighted by atomic mass is 15.2. The van der Waals surface area contributed by atoms with E-state index in [2.05, 4.69) is 168 Å². The number of aromatic nitrogens is 5. The van der Waals surface area contributed by atoms with Crippen LogP contribution in [0.4, 0.5) is 0 Å². The highest BCUT2D eigenvalue weighted by molar-refractivity contribution is 6.09. The molecule has 0 aliphatic rings. The SMILES string of the molecule is c1ccc(-c2nc(-c3ccccc3)nc(-c3cccc(-c4ccc(-c5ccc6cc(-c7ccccc7)n7nc(-c8ccccc8)c(-c8ccccc8)c7c6c5)cc4)c3)n2)cc1. The minimum atomic E-state index is 0.634. The van der Waals surface area contributed by atoms with Crippen molar-refractivity contribution in [3.05, 3.63) is 224 Å². The van der Waals surface area contributed by atoms with Crippen LogP contribution < -0.4 is 0 Å². The Morgan fingerprint density at radius 1 is 0.295 bits per heavy atom. The van der Waals surface area contributed by atoms with E-state index < -0.39 is 0 Å². The number of pyridine rings is 1. The van der Waals surface area contributed by atoms with E-state index in [1.54, 1.807) is 0 Å². The quantitative estimate of drug-likeness (QED) is 0.154. The van der Waals surface area contributed by atoms with Crippen LogP contribution in [0.3, 0.4) is 0 Å². The van der Waals surface area contributed by atoms with Gasteiger partial charge in [0.15, 0.2) is 17.5 Å². The van der Waals surface area contributed by atoms with Gasteiger partial charge in [-0.15, -0.1) is 0 Å². The fourth-order valence-corrected chi connectivity index (χ4v) is 8.24. The molecular weight excluding hydrogens is 743 g/mol. The Morgan fingerprint density at radius 2 is 0.721 bits per heavy atom. The molecule has 61 heavy (non-hydrogen) atoms. The Kier molecular flexibility index (Phi) is 9.10. The highest BCUT2D eigenvalue weighted by Gasteiger charge is 2.22. The van der Waals surface area contributed by atoms with Crippen LogP contribution in [0.5, 0.6) is 0 Å². The Labute approximate surface area is 354 Å². The summed E-state index contributed by atoms with van der Waals surface area (Å²) in [5, 5.41) is 7.71. The topological polar surface area (TPSA) is 56.0 Å². The van der Waals surface area contributed by atoms with Gasteiger partial charge in [0.05, 0.1) is 11.2 Å². The molecule has 0 spiro atoms. The molecule has 0 aliphatic heterocycles. The summed E-state index contributed by atoms with van der Waals surface area (Å²) in [6.45, 7) is 0. The van der Waals surface area contributed by atoms with Gasteiger partial charge in [-0.05, 0) is 51.4 Å². The van der Waals surface area contributed by atoms with Crippen molar-refractivity contribution in [3.8, 4) is 90.1 Å². The summed E-state index contributed by atoms with van der Waals surface area (Å²) < 4.78 is 2.15. The summed E-state index contributed by atoms with van der Waals surface area (Å²) in [5.41, 5.74) is 14.8. The van der Waals surface area contributed by atoms with Gasteiger partial charge in [-0.3, -0.25) is 0 Å². The van der Waals surface area contributed by atoms with Gasteiger partial charge in [0, 0.05) is 38.8 Å². The van der Waals surface area contributed by atoms with Crippen LogP contribution in [0, 0.1) is 0 Å². The second-order valence-electron chi connectivity index (χ2n) is 15.1. The molecule has 0 radical (unpaired) electrons. The van der Waals surface area contributed by atoms with Gasteiger partial charge >= 0.3 is 0 Å². The monoisotopic (exact) mass is 779 g/mol. The molecule has 11 rings (SSSR count). The molecule has 5 nitrogen and oxygen atoms in total. The number of rotatable bonds is 8. The maximum Gasteiger partial charge on any atom is 0.164 e. The van der Waals surface area contributed by atoms with E-state index in [-0.39, 0.29) is 0 Å². The van der Waals surface area contributed by atoms with Crippen molar-refractivity contribution in [2.75, 3.05) is 0 Å². The minimum absolute atomic E-state index is 0.634. The average molecular weight is 780 g/mol. The first-order valence-electron chi connectivity index (χ1n) is 20.5. The Hall–Kier alpha value is -8.28. The van der Waals surface area contributed by atoms with Gasteiger partial charge < -0.3 is 0 Å². The fraction of sp³-hybridized carbons (Fsp3) is 0. The van der Waals surface area contributed by atoms with Crippen LogP contribution in [0.1, 0.15) is 0 Å². The molecule has 11 aromatic rings. The maximum absolute atomic E-state index is 5.41. The second-order valence-corrected chi connectivity index (χ2v) is 15.1. The number of nitrogens with zero attached hydrogens (tertiary/aromatic N) is 5. The molecule has 0 fully saturated rings. The molecule has 0 amide bonds. The molecule has 0 bridgehead atoms. The van der Waals surface area contributed by atoms with Crippen LogP contribution in [-0.2, 0) is 0 Å². The Bertz CT molecular complexity index is 3250. The van der Waals surface area contributed by atoms with Crippen molar-refractivity contribution < 1.29 is 0 Å². The first-order chi connectivity index (χ1) is 30.2. The predicted octanol–water partition coefficient (Wildman–Crippen LogP) is 14.0. The van der Waals surface area contributed by atoms with Gasteiger partial charge in [-0.25, -0.2) is 19.5 Å². The van der Waals surface area contributed by atoms with Gasteiger partial charge in [-0.2, -0.15) is 5.10 Å². The smallest absolute Gasteiger partial charge is 0.164 e. The summed E-state index contributed by atoms with van der Waals surface area (Å²) in [6.07, 6.45) is 0. The Balaban J connectivity index is 1.01. The molecule has 3 aromatic heterocycles. The summed E-state index contributed by atoms with van der Waals surface area (Å²) in [6, 6.07) is 78.2. The van der Waals surface area contributed by atoms with Crippen molar-refractivity contribution in [1.82, 2.24) is 24.6 Å². The van der Waals surface area contributed by atoms with Crippen LogP contribution in [0.15, 0.2) is 224 Å². The van der Waals surface area contributed by atoms with Gasteiger partial charge in [0.2, 0.25) is 0 Å². The lowest BCUT2D eigenvalue weighted by molar-refractivity contribution is 0.979. The van der Waals surface area contributed by atoms with Crippen LogP contribution in [0.2, 0.25) is 0 Å². The minimum Gasteiger partial charge on any atom is -0.231 e. The number of hydrogen-bond acceptors (Lipinski definition) is 4. The second kappa shape index (κ2) is 15.5. The third-order valence-electron chi connectivity index (χ3n) is 11.3. The van der Waals surface area contributed by atoms with Gasteiger partial charge in [0.1, 0.15) is 5.69 Å². The van der Waals surface area contributed by atoms with Crippen molar-refractivity contribution in [2.24, 2.45) is 0 Å². The molecule has 0 aliphatic carbocycles. The molecular formula is C56H37N5. The molecule has 0 unspecified atom stereocenters. The third-order valence-corrected chi connectivity index (χ3v) is 11.3. The molecule has 0 saturated carbocycles. The summed E-state index contributed by atoms with van der Waals surface area (Å²) in [4.78, 5) is 14.8. The zero-order valence-electron chi connectivity index (χ0n) is 33.1. The van der Waals surface area contributed by atoms with Crippen molar-refractivity contribution >= 4 is 16.3 Å². The first-order valence-corrected chi connectivity index (χ1v) is 20.5. The normalized spacial score (nSPS) is 11.3. The number of fused-ring (bicyclic) bond motifs is 3. The van der Waals surface area contributed by atoms with Gasteiger partial charge in [0.25, 0.3) is 0 Å². The van der Waals surface area contributed by atoms with E-state index in [0.717, 1.165) is 88.9 Å². The fourth-order valence-electron chi connectivity index (χ4n) is 8.24. The molecule has 5 heteroatoms. The summed E-state index contributed by atoms with van der Waals surface area (Å²) in [5.74, 6) is 1.92. The lowest BCUT2D eigenvalue weighted by atomic mass is 9.94. The van der Waals surface area contributed by atoms with E-state index >= 15 is 0 Å². The maximum atomic E-state index is 5.41. The number of hydrogen-bond donors (Lipinski definition) is 0. The average Bonchev–Trinajstić information content (AvgIpc) is 3.76. The highest BCUT2D eigenvalue weighted by Crippen LogP contribution is 2.42. The summed E-state index contributed by atoms with van der Waals surface area (Å²) >= 11 is 0. The molecule has 8 aromatic carbocycles. The standard InChI is InChI=1S/C56H37N5/c1-6-17-40(18-7-1)50-37-47-34-33-46(36-49(47)53-51(41-19-8-2-9-20-41)52(60-61(50)53)42-21-10-3-11-22-42)39-31-29-38(30-32-39)45-27-16-28-48(35-45)56-58-54(43-23-12-4-13-24-43)57-55(59-56)44-25-14-5-15-26-44/h1-37H. The number of benzene rings is 8. The van der Waals surface area contributed by atoms with Gasteiger partial charge in [-0.1, -0.05) is 206 Å². The molecule has 0 atom stereocenters. The molecule has 3 heterocycles. The zero-order chi connectivity index (χ0) is 40.5. The first kappa shape index (κ1) is 35.8. The van der Waals surface area contributed by atoms with Crippen LogP contribution >= 0.6 is 0 Å². The predicted molar refractivity (Wildman–Crippen MR) is 250 cm³/mol. The molecule has 0 N–H and O–H groups in total. The lowest BCUT2D eigenvalue weighted by Gasteiger charge is -2.13. The van der Waals surface area contributed by atoms with E-state index in [1.807, 2.05) is 60.7 Å². The van der Waals surface area contributed by atoms with E-state index in [9.17, 15) is 0 Å². The van der Waals surface area contributed by atoms with Crippen molar-refractivity contribution in [1.29, 1.82) is 0 Å². The molecule has 0 saturated heterocycles. The van der Waals surface area contributed by atoms with Crippen LogP contribution in [-0.4, -0.2) is 24.6 Å². The van der Waals surface area contributed by atoms with E-state index in [0.29, 0.717) is 17.5 Å². The lowest BCUT2D eigenvalue weighted by Crippen LogP contribution is -2.00. The largest absolute Gasteiger partial charge is 0.231 e. The third kappa shape index (κ3) is 6.84. The zero-order valence-corrected chi connectivity index (χ0v) is 33.1. The molecule has 286 valence electrons. The van der Waals surface area contributed by atoms with Crippen molar-refractivity contribution in [3.63, 3.8) is 0 Å². The van der Waals surface area contributed by atoms with Crippen molar-refractivity contribution in [2.45, 2.75) is 0 Å². The Morgan fingerprint density at radius 3 is 1.28 bits per heavy atom.